The molecule has 1 aliphatic rings. The van der Waals surface area contributed by atoms with Crippen molar-refractivity contribution >= 4 is 44.0 Å². The van der Waals surface area contributed by atoms with Gasteiger partial charge in [0, 0.05) is 25.2 Å². The Bertz CT molecular complexity index is 1120. The van der Waals surface area contributed by atoms with Crippen LogP contribution < -0.4 is 25.6 Å². The van der Waals surface area contributed by atoms with Gasteiger partial charge in [-0.25, -0.2) is 4.98 Å². The van der Waals surface area contributed by atoms with Crippen LogP contribution in [0.3, 0.4) is 0 Å². The molecule has 1 atom stereocenters. The van der Waals surface area contributed by atoms with E-state index in [0.717, 1.165) is 17.8 Å². The highest BCUT2D eigenvalue weighted by atomic mass is 32.1. The molecule has 0 aliphatic carbocycles. The predicted octanol–water partition coefficient (Wildman–Crippen LogP) is 4.59. The smallest absolute Gasteiger partial charge is 0.406 e. The number of alkyl halides is 3. The van der Waals surface area contributed by atoms with Gasteiger partial charge in [0.1, 0.15) is 5.75 Å². The molecule has 4 rings (SSSR count). The normalized spacial score (nSPS) is 15.5. The largest absolute Gasteiger partial charge is 0.573 e. The van der Waals surface area contributed by atoms with E-state index in [4.69, 9.17) is 0 Å². The summed E-state index contributed by atoms with van der Waals surface area (Å²) in [6, 6.07) is 9.46. The van der Waals surface area contributed by atoms with E-state index in [1.54, 1.807) is 12.1 Å². The fraction of sp³-hybridized carbons (Fsp3) is 0.300. The monoisotopic (exact) mass is 451 g/mol. The van der Waals surface area contributed by atoms with Crippen molar-refractivity contribution in [2.75, 3.05) is 29.1 Å². The van der Waals surface area contributed by atoms with Crippen molar-refractivity contribution in [3.8, 4) is 5.75 Å². The van der Waals surface area contributed by atoms with Gasteiger partial charge in [0.2, 0.25) is 0 Å². The van der Waals surface area contributed by atoms with Crippen LogP contribution >= 0.6 is 11.3 Å². The van der Waals surface area contributed by atoms with Gasteiger partial charge in [-0.3, -0.25) is 4.79 Å². The Morgan fingerprint density at radius 1 is 1.29 bits per heavy atom. The van der Waals surface area contributed by atoms with E-state index in [0.29, 0.717) is 27.5 Å². The zero-order valence-electron chi connectivity index (χ0n) is 16.7. The van der Waals surface area contributed by atoms with Gasteiger partial charge in [-0.15, -0.1) is 13.2 Å². The summed E-state index contributed by atoms with van der Waals surface area (Å²) >= 11 is 1.22. The molecule has 7 nitrogen and oxygen atoms in total. The Kier molecular flexibility index (Phi) is 5.52. The molecule has 3 N–H and O–H groups in total. The second kappa shape index (κ2) is 8.14. The third-order valence-corrected chi connectivity index (χ3v) is 5.66. The van der Waals surface area contributed by atoms with E-state index in [1.807, 2.05) is 24.9 Å². The summed E-state index contributed by atoms with van der Waals surface area (Å²) in [5.74, 6) is -0.416. The number of nitrogens with one attached hydrogen (secondary N) is 3. The minimum atomic E-state index is -4.74. The number of anilines is 3. The summed E-state index contributed by atoms with van der Waals surface area (Å²) in [6.45, 7) is 2.60. The lowest BCUT2D eigenvalue weighted by Gasteiger charge is -2.22. The van der Waals surface area contributed by atoms with Crippen molar-refractivity contribution in [3.63, 3.8) is 0 Å². The first-order valence-corrected chi connectivity index (χ1v) is 10.4. The quantitative estimate of drug-likeness (QED) is 0.509. The fourth-order valence-electron chi connectivity index (χ4n) is 3.24. The molecule has 0 saturated carbocycles. The summed E-state index contributed by atoms with van der Waals surface area (Å²) in [4.78, 5) is 18.6. The zero-order chi connectivity index (χ0) is 22.2. The number of hydrogen-bond donors (Lipinski definition) is 3. The number of rotatable bonds is 6. The van der Waals surface area contributed by atoms with Crippen LogP contribution in [-0.2, 0) is 0 Å². The number of aromatic nitrogens is 1. The van der Waals surface area contributed by atoms with Crippen molar-refractivity contribution in [3.05, 3.63) is 42.0 Å². The third kappa shape index (κ3) is 4.61. The minimum absolute atomic E-state index is 0.131. The van der Waals surface area contributed by atoms with Gasteiger partial charge in [-0.2, -0.15) is 0 Å². The van der Waals surface area contributed by atoms with Gasteiger partial charge in [0.15, 0.2) is 11.4 Å². The van der Waals surface area contributed by atoms with Gasteiger partial charge < -0.3 is 25.6 Å². The van der Waals surface area contributed by atoms with Gasteiger partial charge in [0.25, 0.3) is 5.91 Å². The predicted molar refractivity (Wildman–Crippen MR) is 115 cm³/mol. The first-order chi connectivity index (χ1) is 14.7. The standard InChI is InChI=1S/C20H20F3N5O2S/c1-3-8-24-17(29)11-4-7-15-14(9-11)25-18(28(15)2)27-19-26-13-6-5-12(10-16(13)31-19)30-20(21,22)23/h4-7,9-10,18,25H,3,8H2,1-2H3,(H,24,29)(H,26,27). The Balaban J connectivity index is 1.49. The van der Waals surface area contributed by atoms with Crippen LogP contribution in [0.25, 0.3) is 10.2 Å². The lowest BCUT2D eigenvalue weighted by Crippen LogP contribution is -2.39. The third-order valence-electron chi connectivity index (χ3n) is 4.71. The molecule has 31 heavy (non-hydrogen) atoms. The molecule has 0 bridgehead atoms. The minimum Gasteiger partial charge on any atom is -0.406 e. The van der Waals surface area contributed by atoms with E-state index in [9.17, 15) is 18.0 Å². The average molecular weight is 451 g/mol. The van der Waals surface area contributed by atoms with Gasteiger partial charge in [-0.05, 0) is 36.8 Å². The number of amides is 1. The Labute approximate surface area is 180 Å². The number of ether oxygens (including phenoxy) is 1. The number of fused-ring (bicyclic) bond motifs is 2. The van der Waals surface area contributed by atoms with Gasteiger partial charge >= 0.3 is 6.36 Å². The highest BCUT2D eigenvalue weighted by Crippen LogP contribution is 2.36. The second-order valence-corrected chi connectivity index (χ2v) is 8.02. The van der Waals surface area contributed by atoms with Crippen LogP contribution in [0.5, 0.6) is 5.75 Å². The van der Waals surface area contributed by atoms with Crippen LogP contribution in [0.15, 0.2) is 36.4 Å². The van der Waals surface area contributed by atoms with Crippen LogP contribution in [0.4, 0.5) is 29.7 Å². The van der Waals surface area contributed by atoms with E-state index < -0.39 is 6.36 Å². The average Bonchev–Trinajstić information content (AvgIpc) is 3.24. The molecule has 2 heterocycles. The molecule has 1 amide bonds. The summed E-state index contributed by atoms with van der Waals surface area (Å²) in [5.41, 5.74) is 2.83. The molecule has 0 spiro atoms. The molecule has 3 aromatic rings. The maximum Gasteiger partial charge on any atom is 0.573 e. The van der Waals surface area contributed by atoms with Crippen molar-refractivity contribution in [1.29, 1.82) is 0 Å². The molecule has 164 valence electrons. The Morgan fingerprint density at radius 2 is 2.10 bits per heavy atom. The van der Waals surface area contributed by atoms with Crippen molar-refractivity contribution in [2.24, 2.45) is 0 Å². The van der Waals surface area contributed by atoms with Crippen molar-refractivity contribution in [1.82, 2.24) is 10.3 Å². The number of thiazole rings is 1. The van der Waals surface area contributed by atoms with E-state index in [-0.39, 0.29) is 17.9 Å². The zero-order valence-corrected chi connectivity index (χ0v) is 17.5. The lowest BCUT2D eigenvalue weighted by atomic mass is 10.1. The summed E-state index contributed by atoms with van der Waals surface area (Å²) < 4.78 is 41.9. The van der Waals surface area contributed by atoms with E-state index >= 15 is 0 Å². The molecule has 0 saturated heterocycles. The summed E-state index contributed by atoms with van der Waals surface area (Å²) in [7, 11) is 1.88. The molecular weight excluding hydrogens is 431 g/mol. The molecule has 1 unspecified atom stereocenters. The van der Waals surface area contributed by atoms with Crippen molar-refractivity contribution in [2.45, 2.75) is 26.0 Å². The maximum absolute atomic E-state index is 12.4. The molecule has 1 aliphatic heterocycles. The second-order valence-electron chi connectivity index (χ2n) is 6.99. The summed E-state index contributed by atoms with van der Waals surface area (Å²) in [5, 5.41) is 9.92. The molecule has 11 heteroatoms. The molecule has 0 radical (unpaired) electrons. The maximum atomic E-state index is 12.4. The highest BCUT2D eigenvalue weighted by Gasteiger charge is 2.31. The number of carbonyl (C=O) groups excluding carboxylic acids is 1. The lowest BCUT2D eigenvalue weighted by molar-refractivity contribution is -0.274. The summed E-state index contributed by atoms with van der Waals surface area (Å²) in [6.07, 6.45) is -4.22. The fourth-order valence-corrected chi connectivity index (χ4v) is 4.15. The van der Waals surface area contributed by atoms with Crippen LogP contribution in [0, 0.1) is 0 Å². The van der Waals surface area contributed by atoms with Crippen molar-refractivity contribution < 1.29 is 22.7 Å². The number of hydrogen-bond acceptors (Lipinski definition) is 7. The topological polar surface area (TPSA) is 78.5 Å². The number of carbonyl (C=O) groups is 1. The van der Waals surface area contributed by atoms with Crippen LogP contribution in [0.1, 0.15) is 23.7 Å². The Hall–Kier alpha value is -3.21. The first-order valence-electron chi connectivity index (χ1n) is 9.58. The number of benzene rings is 2. The molecular formula is C20H20F3N5O2S. The molecule has 1 aromatic heterocycles. The SMILES string of the molecule is CCCNC(=O)c1ccc2c(c1)NC(Nc1nc3ccc(OC(F)(F)F)cc3s1)N2C. The molecule has 2 aromatic carbocycles. The number of nitrogens with zero attached hydrogens (tertiary/aromatic N) is 2. The first kappa shape index (κ1) is 21.0. The van der Waals surface area contributed by atoms with Crippen LogP contribution in [-0.4, -0.2) is 37.1 Å². The number of halogens is 3. The van der Waals surface area contributed by atoms with E-state index in [1.165, 1.54) is 29.5 Å². The van der Waals surface area contributed by atoms with Crippen LogP contribution in [0.2, 0.25) is 0 Å². The van der Waals surface area contributed by atoms with Gasteiger partial charge in [-0.1, -0.05) is 18.3 Å². The van der Waals surface area contributed by atoms with Gasteiger partial charge in [0.05, 0.1) is 21.6 Å². The van der Waals surface area contributed by atoms with E-state index in [2.05, 4.69) is 25.7 Å². The molecule has 0 fully saturated rings. The highest BCUT2D eigenvalue weighted by molar-refractivity contribution is 7.22. The Morgan fingerprint density at radius 3 is 2.84 bits per heavy atom.